The third-order valence-corrected chi connectivity index (χ3v) is 12.4. The van der Waals surface area contributed by atoms with E-state index in [1.54, 1.807) is 0 Å². The molecule has 0 saturated heterocycles. The maximum atomic E-state index is 12.6. The summed E-state index contributed by atoms with van der Waals surface area (Å²) >= 11 is 0. The van der Waals surface area contributed by atoms with Crippen molar-refractivity contribution in [3.63, 3.8) is 0 Å². The SMILES string of the molecule is CCCCCCCCC(CCCCCC)COC(=O)CCCCCCCN(CCCCO)CCCCCCCC(=O)OC[C@@H](CCCCCC)CCCCCCCC. The van der Waals surface area contributed by atoms with Crippen LogP contribution in [0.1, 0.15) is 272 Å². The Hall–Kier alpha value is -1.14. The lowest BCUT2D eigenvalue weighted by Gasteiger charge is -2.22. The van der Waals surface area contributed by atoms with Crippen LogP contribution in [-0.2, 0) is 19.1 Å². The van der Waals surface area contributed by atoms with Gasteiger partial charge in [0.05, 0.1) is 13.2 Å². The highest BCUT2D eigenvalue weighted by Crippen LogP contribution is 2.22. The zero-order valence-corrected chi connectivity index (χ0v) is 39.8. The molecular formula is C52H103NO5. The van der Waals surface area contributed by atoms with E-state index in [-0.39, 0.29) is 18.5 Å². The van der Waals surface area contributed by atoms with E-state index in [0.29, 0.717) is 37.9 Å². The van der Waals surface area contributed by atoms with Gasteiger partial charge >= 0.3 is 11.9 Å². The fourth-order valence-electron chi connectivity index (χ4n) is 8.39. The monoisotopic (exact) mass is 822 g/mol. The minimum absolute atomic E-state index is 0.00668. The number of esters is 2. The molecule has 1 N–H and O–H groups in total. The van der Waals surface area contributed by atoms with Crippen molar-refractivity contribution in [3.8, 4) is 0 Å². The minimum atomic E-state index is 0.00668. The number of carbonyl (C=O) groups is 2. The summed E-state index contributed by atoms with van der Waals surface area (Å²) in [7, 11) is 0. The Morgan fingerprint density at radius 3 is 1.00 bits per heavy atom. The van der Waals surface area contributed by atoms with E-state index in [1.165, 1.54) is 193 Å². The van der Waals surface area contributed by atoms with Crippen LogP contribution in [-0.4, -0.2) is 61.4 Å². The van der Waals surface area contributed by atoms with E-state index in [1.807, 2.05) is 0 Å². The predicted octanol–water partition coefficient (Wildman–Crippen LogP) is 15.5. The van der Waals surface area contributed by atoms with Crippen molar-refractivity contribution >= 4 is 11.9 Å². The summed E-state index contributed by atoms with van der Waals surface area (Å²) in [6, 6.07) is 0. The van der Waals surface area contributed by atoms with E-state index in [9.17, 15) is 14.7 Å². The smallest absolute Gasteiger partial charge is 0.305 e. The van der Waals surface area contributed by atoms with Gasteiger partial charge in [0.2, 0.25) is 0 Å². The standard InChI is InChI=1S/C52H103NO5/c1-5-9-13-17-21-29-39-49(37-27-15-11-7-3)47-57-51(55)41-31-23-19-25-33-43-53(45-35-36-46-54)44-34-26-20-24-32-42-52(56)58-48-50(38-28-16-12-8-4)40-30-22-18-14-10-6-2/h49-50,54H,5-48H2,1-4H3/t49-,50?/m0/s1. The van der Waals surface area contributed by atoms with Gasteiger partial charge in [0.25, 0.3) is 0 Å². The molecule has 1 unspecified atom stereocenters. The molecule has 0 saturated carbocycles. The van der Waals surface area contributed by atoms with Crippen LogP contribution in [0.15, 0.2) is 0 Å². The van der Waals surface area contributed by atoms with Crippen molar-refractivity contribution < 1.29 is 24.2 Å². The predicted molar refractivity (Wildman–Crippen MR) is 251 cm³/mol. The molecule has 58 heavy (non-hydrogen) atoms. The molecule has 0 aromatic rings. The third kappa shape index (κ3) is 41.6. The maximum Gasteiger partial charge on any atom is 0.305 e. The minimum Gasteiger partial charge on any atom is -0.465 e. The molecule has 0 fully saturated rings. The van der Waals surface area contributed by atoms with Gasteiger partial charge in [0.1, 0.15) is 0 Å². The van der Waals surface area contributed by atoms with Crippen molar-refractivity contribution in [1.82, 2.24) is 4.90 Å². The second-order valence-corrected chi connectivity index (χ2v) is 18.2. The van der Waals surface area contributed by atoms with Gasteiger partial charge in [-0.15, -0.1) is 0 Å². The van der Waals surface area contributed by atoms with E-state index in [4.69, 9.17) is 9.47 Å². The Morgan fingerprint density at radius 2 is 0.655 bits per heavy atom. The van der Waals surface area contributed by atoms with Crippen LogP contribution < -0.4 is 0 Å². The highest BCUT2D eigenvalue weighted by molar-refractivity contribution is 5.69. The molecule has 0 rings (SSSR count). The highest BCUT2D eigenvalue weighted by Gasteiger charge is 2.14. The van der Waals surface area contributed by atoms with Crippen LogP contribution in [0.4, 0.5) is 0 Å². The fourth-order valence-corrected chi connectivity index (χ4v) is 8.39. The Kier molecular flexibility index (Phi) is 46.0. The zero-order chi connectivity index (χ0) is 42.4. The van der Waals surface area contributed by atoms with E-state index in [0.717, 1.165) is 58.2 Å². The summed E-state index contributed by atoms with van der Waals surface area (Å²) in [6.07, 6.45) is 45.3. The first kappa shape index (κ1) is 56.9. The second-order valence-electron chi connectivity index (χ2n) is 18.2. The van der Waals surface area contributed by atoms with Crippen molar-refractivity contribution in [2.24, 2.45) is 11.8 Å². The van der Waals surface area contributed by atoms with Crippen LogP contribution in [0, 0.1) is 11.8 Å². The van der Waals surface area contributed by atoms with Crippen LogP contribution in [0.25, 0.3) is 0 Å². The Morgan fingerprint density at radius 1 is 0.379 bits per heavy atom. The number of aliphatic hydroxyl groups excluding tert-OH is 1. The van der Waals surface area contributed by atoms with Gasteiger partial charge in [-0.1, -0.05) is 195 Å². The summed E-state index contributed by atoms with van der Waals surface area (Å²) in [5, 5.41) is 9.33. The largest absolute Gasteiger partial charge is 0.465 e. The number of unbranched alkanes of at least 4 members (excludes halogenated alkanes) is 25. The molecule has 0 aliphatic carbocycles. The quantitative estimate of drug-likeness (QED) is 0.0487. The topological polar surface area (TPSA) is 76.1 Å². The molecule has 0 aromatic heterocycles. The highest BCUT2D eigenvalue weighted by atomic mass is 16.5. The normalized spacial score (nSPS) is 12.7. The maximum absolute atomic E-state index is 12.6. The molecule has 0 aliphatic rings. The van der Waals surface area contributed by atoms with Crippen molar-refractivity contribution in [2.75, 3.05) is 39.5 Å². The molecule has 0 radical (unpaired) electrons. The summed E-state index contributed by atoms with van der Waals surface area (Å²) in [6.45, 7) is 13.9. The van der Waals surface area contributed by atoms with Crippen LogP contribution in [0.5, 0.6) is 0 Å². The number of rotatable bonds is 48. The molecule has 0 amide bonds. The number of hydrogen-bond acceptors (Lipinski definition) is 6. The summed E-state index contributed by atoms with van der Waals surface area (Å²) in [4.78, 5) is 27.7. The van der Waals surface area contributed by atoms with Crippen molar-refractivity contribution in [3.05, 3.63) is 0 Å². The van der Waals surface area contributed by atoms with Crippen LogP contribution in [0.3, 0.4) is 0 Å². The first-order valence-electron chi connectivity index (χ1n) is 26.1. The van der Waals surface area contributed by atoms with Gasteiger partial charge < -0.3 is 19.5 Å². The van der Waals surface area contributed by atoms with Gasteiger partial charge in [0.15, 0.2) is 0 Å². The first-order valence-corrected chi connectivity index (χ1v) is 26.1. The van der Waals surface area contributed by atoms with Crippen LogP contribution in [0.2, 0.25) is 0 Å². The summed E-state index contributed by atoms with van der Waals surface area (Å²) in [5.74, 6) is 1.09. The molecule has 0 heterocycles. The van der Waals surface area contributed by atoms with Gasteiger partial charge in [-0.3, -0.25) is 9.59 Å². The molecule has 6 heteroatoms. The molecule has 6 nitrogen and oxygen atoms in total. The first-order chi connectivity index (χ1) is 28.5. The zero-order valence-electron chi connectivity index (χ0n) is 39.8. The Balaban J connectivity index is 4.22. The van der Waals surface area contributed by atoms with Crippen LogP contribution >= 0.6 is 0 Å². The number of carbonyl (C=O) groups excluding carboxylic acids is 2. The van der Waals surface area contributed by atoms with E-state index >= 15 is 0 Å². The molecular weight excluding hydrogens is 719 g/mol. The molecule has 0 bridgehead atoms. The number of aliphatic hydroxyl groups is 1. The molecule has 346 valence electrons. The van der Waals surface area contributed by atoms with Gasteiger partial charge in [-0.25, -0.2) is 0 Å². The Bertz CT molecular complexity index is 775. The fraction of sp³-hybridized carbons (Fsp3) is 0.962. The molecule has 0 aliphatic heterocycles. The Labute approximate surface area is 362 Å². The summed E-state index contributed by atoms with van der Waals surface area (Å²) in [5.41, 5.74) is 0. The van der Waals surface area contributed by atoms with E-state index < -0.39 is 0 Å². The van der Waals surface area contributed by atoms with Gasteiger partial charge in [-0.05, 0) is 95.7 Å². The third-order valence-electron chi connectivity index (χ3n) is 12.4. The molecule has 0 aromatic carbocycles. The number of ether oxygens (including phenoxy) is 2. The lowest BCUT2D eigenvalue weighted by atomic mass is 9.95. The average molecular weight is 822 g/mol. The second kappa shape index (κ2) is 46.9. The van der Waals surface area contributed by atoms with Crippen molar-refractivity contribution in [1.29, 1.82) is 0 Å². The average Bonchev–Trinajstić information content (AvgIpc) is 3.22. The lowest BCUT2D eigenvalue weighted by molar-refractivity contribution is -0.146. The van der Waals surface area contributed by atoms with Gasteiger partial charge in [-0.2, -0.15) is 0 Å². The molecule has 0 spiro atoms. The lowest BCUT2D eigenvalue weighted by Crippen LogP contribution is -2.27. The number of hydrogen-bond donors (Lipinski definition) is 1. The molecule has 2 atom stereocenters. The van der Waals surface area contributed by atoms with E-state index in [2.05, 4.69) is 32.6 Å². The number of nitrogens with zero attached hydrogens (tertiary/aromatic N) is 1. The van der Waals surface area contributed by atoms with Crippen molar-refractivity contribution in [2.45, 2.75) is 272 Å². The van der Waals surface area contributed by atoms with Gasteiger partial charge in [0, 0.05) is 19.4 Å². The summed E-state index contributed by atoms with van der Waals surface area (Å²) < 4.78 is 11.6.